The van der Waals surface area contributed by atoms with E-state index in [9.17, 15) is 18.0 Å². The number of rotatable bonds is 8. The minimum Gasteiger partial charge on any atom is -0.493 e. The molecule has 0 bridgehead atoms. The molecule has 3 aromatic rings. The lowest BCUT2D eigenvalue weighted by atomic mass is 10.0. The lowest BCUT2D eigenvalue weighted by Gasteiger charge is -2.22. The molecule has 0 fully saturated rings. The van der Waals surface area contributed by atoms with Crippen LogP contribution in [0.4, 0.5) is 13.2 Å². The summed E-state index contributed by atoms with van der Waals surface area (Å²) in [5.41, 5.74) is -0.372. The molecule has 0 heterocycles. The van der Waals surface area contributed by atoms with Crippen LogP contribution in [0.1, 0.15) is 27.0 Å². The first-order valence-electron chi connectivity index (χ1n) is 9.05. The van der Waals surface area contributed by atoms with Gasteiger partial charge in [-0.1, -0.05) is 60.7 Å². The summed E-state index contributed by atoms with van der Waals surface area (Å²) >= 11 is 0. The monoisotopic (exact) mass is 416 g/mol. The van der Waals surface area contributed by atoms with E-state index < -0.39 is 23.1 Å². The maximum Gasteiger partial charge on any atom is 0.420 e. The highest BCUT2D eigenvalue weighted by atomic mass is 19.4. The number of methoxy groups -OCH3 is 1. The van der Waals surface area contributed by atoms with Gasteiger partial charge in [-0.15, -0.1) is 0 Å². The second-order valence-corrected chi connectivity index (χ2v) is 6.37. The van der Waals surface area contributed by atoms with Gasteiger partial charge in [0.1, 0.15) is 18.8 Å². The fourth-order valence-electron chi connectivity index (χ4n) is 2.91. The normalized spacial score (nSPS) is 11.1. The molecule has 156 valence electrons. The van der Waals surface area contributed by atoms with Gasteiger partial charge in [-0.3, -0.25) is 4.79 Å². The van der Waals surface area contributed by atoms with Gasteiger partial charge in [0.25, 0.3) is 0 Å². The number of carbonyl (C=O) groups is 1. The van der Waals surface area contributed by atoms with Crippen LogP contribution in [-0.2, 0) is 19.4 Å². The third-order valence-electron chi connectivity index (χ3n) is 4.31. The van der Waals surface area contributed by atoms with Crippen molar-refractivity contribution in [2.75, 3.05) is 7.11 Å². The zero-order valence-corrected chi connectivity index (χ0v) is 16.1. The van der Waals surface area contributed by atoms with Crippen LogP contribution in [0.15, 0.2) is 66.7 Å². The standard InChI is InChI=1S/C23H19F3O4/c1-28-19-12-18(13-27)20(23(24,25)26)22(30-15-17-10-6-3-7-11-17)21(19)29-14-16-8-4-2-5-9-16/h2-13H,14-15H2,1H3. The quantitative estimate of drug-likeness (QED) is 0.443. The Bertz CT molecular complexity index is 987. The molecule has 0 unspecified atom stereocenters. The van der Waals surface area contributed by atoms with E-state index in [0.29, 0.717) is 5.56 Å². The van der Waals surface area contributed by atoms with E-state index in [0.717, 1.165) is 11.6 Å². The molecule has 0 aliphatic heterocycles. The maximum absolute atomic E-state index is 13.9. The van der Waals surface area contributed by atoms with Crippen molar-refractivity contribution in [3.05, 3.63) is 89.0 Å². The van der Waals surface area contributed by atoms with Crippen LogP contribution in [-0.4, -0.2) is 13.4 Å². The summed E-state index contributed by atoms with van der Waals surface area (Å²) in [6.07, 6.45) is -4.71. The van der Waals surface area contributed by atoms with Crippen molar-refractivity contribution in [1.29, 1.82) is 0 Å². The number of halogens is 3. The Hall–Kier alpha value is -3.48. The highest BCUT2D eigenvalue weighted by molar-refractivity contribution is 5.82. The van der Waals surface area contributed by atoms with E-state index in [4.69, 9.17) is 14.2 Å². The van der Waals surface area contributed by atoms with E-state index in [1.807, 2.05) is 6.07 Å². The molecule has 3 rings (SSSR count). The first kappa shape index (κ1) is 21.2. The van der Waals surface area contributed by atoms with Gasteiger partial charge in [0.15, 0.2) is 17.8 Å². The summed E-state index contributed by atoms with van der Waals surface area (Å²) < 4.78 is 58.1. The fraction of sp³-hybridized carbons (Fsp3) is 0.174. The van der Waals surface area contributed by atoms with Crippen LogP contribution >= 0.6 is 0 Å². The number of carbonyl (C=O) groups excluding carboxylic acids is 1. The SMILES string of the molecule is COc1cc(C=O)c(C(F)(F)F)c(OCc2ccccc2)c1OCc1ccccc1. The molecule has 0 saturated carbocycles. The highest BCUT2D eigenvalue weighted by Crippen LogP contribution is 2.49. The average Bonchev–Trinajstić information content (AvgIpc) is 2.76. The van der Waals surface area contributed by atoms with Crippen LogP contribution in [0.3, 0.4) is 0 Å². The van der Waals surface area contributed by atoms with Gasteiger partial charge in [0.2, 0.25) is 5.75 Å². The van der Waals surface area contributed by atoms with E-state index in [2.05, 4.69) is 0 Å². The fourth-order valence-corrected chi connectivity index (χ4v) is 2.91. The summed E-state index contributed by atoms with van der Waals surface area (Å²) in [6.45, 7) is -0.145. The summed E-state index contributed by atoms with van der Waals surface area (Å²) in [4.78, 5) is 11.4. The van der Waals surface area contributed by atoms with Gasteiger partial charge in [-0.05, 0) is 17.2 Å². The topological polar surface area (TPSA) is 44.8 Å². The van der Waals surface area contributed by atoms with Crippen LogP contribution in [0.5, 0.6) is 17.2 Å². The number of benzene rings is 3. The largest absolute Gasteiger partial charge is 0.493 e. The molecule has 0 radical (unpaired) electrons. The Morgan fingerprint density at radius 1 is 0.833 bits per heavy atom. The summed E-state index contributed by atoms with van der Waals surface area (Å²) in [6, 6.07) is 18.7. The molecule has 3 aromatic carbocycles. The van der Waals surface area contributed by atoms with Crippen molar-refractivity contribution in [1.82, 2.24) is 0 Å². The Kier molecular flexibility index (Phi) is 6.61. The third-order valence-corrected chi connectivity index (χ3v) is 4.31. The summed E-state index contributed by atoms with van der Waals surface area (Å²) in [5.74, 6) is -0.817. The van der Waals surface area contributed by atoms with E-state index in [1.165, 1.54) is 7.11 Å². The number of ether oxygens (including phenoxy) is 3. The van der Waals surface area contributed by atoms with Crippen molar-refractivity contribution in [2.24, 2.45) is 0 Å². The second kappa shape index (κ2) is 9.35. The van der Waals surface area contributed by atoms with Crippen molar-refractivity contribution < 1.29 is 32.2 Å². The first-order valence-corrected chi connectivity index (χ1v) is 9.05. The highest BCUT2D eigenvalue weighted by Gasteiger charge is 2.40. The lowest BCUT2D eigenvalue weighted by molar-refractivity contribution is -0.139. The molecule has 0 aliphatic rings. The first-order chi connectivity index (χ1) is 14.4. The Labute approximate surface area is 171 Å². The van der Waals surface area contributed by atoms with E-state index in [1.54, 1.807) is 54.6 Å². The summed E-state index contributed by atoms with van der Waals surface area (Å²) in [7, 11) is 1.29. The Balaban J connectivity index is 2.07. The lowest BCUT2D eigenvalue weighted by Crippen LogP contribution is -2.14. The molecular weight excluding hydrogens is 397 g/mol. The molecule has 4 nitrogen and oxygen atoms in total. The van der Waals surface area contributed by atoms with E-state index >= 15 is 0 Å². The van der Waals surface area contributed by atoms with Gasteiger partial charge >= 0.3 is 6.18 Å². The third kappa shape index (κ3) is 4.92. The Morgan fingerprint density at radius 2 is 1.33 bits per heavy atom. The number of hydrogen-bond acceptors (Lipinski definition) is 4. The molecule has 0 N–H and O–H groups in total. The molecule has 30 heavy (non-hydrogen) atoms. The van der Waals surface area contributed by atoms with Crippen LogP contribution in [0.2, 0.25) is 0 Å². The molecular formula is C23H19F3O4. The van der Waals surface area contributed by atoms with Crippen molar-refractivity contribution >= 4 is 6.29 Å². The molecule has 0 aliphatic carbocycles. The smallest absolute Gasteiger partial charge is 0.420 e. The van der Waals surface area contributed by atoms with Crippen molar-refractivity contribution in [2.45, 2.75) is 19.4 Å². The van der Waals surface area contributed by atoms with Gasteiger partial charge in [0.05, 0.1) is 7.11 Å². The van der Waals surface area contributed by atoms with E-state index in [-0.39, 0.29) is 31.0 Å². The van der Waals surface area contributed by atoms with Crippen molar-refractivity contribution in [3.63, 3.8) is 0 Å². The minimum atomic E-state index is -4.83. The number of hydrogen-bond donors (Lipinski definition) is 0. The predicted molar refractivity (Wildman–Crippen MR) is 105 cm³/mol. The van der Waals surface area contributed by atoms with Crippen LogP contribution in [0, 0.1) is 0 Å². The number of aldehydes is 1. The molecule has 0 saturated heterocycles. The van der Waals surface area contributed by atoms with Crippen LogP contribution in [0.25, 0.3) is 0 Å². The van der Waals surface area contributed by atoms with Crippen molar-refractivity contribution in [3.8, 4) is 17.2 Å². The molecule has 7 heteroatoms. The van der Waals surface area contributed by atoms with Gasteiger partial charge in [-0.2, -0.15) is 13.2 Å². The zero-order chi connectivity index (χ0) is 21.6. The maximum atomic E-state index is 13.9. The second-order valence-electron chi connectivity index (χ2n) is 6.37. The summed E-state index contributed by atoms with van der Waals surface area (Å²) in [5, 5.41) is 0. The van der Waals surface area contributed by atoms with Crippen LogP contribution < -0.4 is 14.2 Å². The van der Waals surface area contributed by atoms with Gasteiger partial charge in [-0.25, -0.2) is 0 Å². The zero-order valence-electron chi connectivity index (χ0n) is 16.1. The average molecular weight is 416 g/mol. The Morgan fingerprint density at radius 3 is 1.77 bits per heavy atom. The van der Waals surface area contributed by atoms with Gasteiger partial charge < -0.3 is 14.2 Å². The number of alkyl halides is 3. The molecule has 0 aromatic heterocycles. The minimum absolute atomic E-state index is 0.00334. The molecule has 0 spiro atoms. The van der Waals surface area contributed by atoms with Gasteiger partial charge in [0, 0.05) is 5.56 Å². The molecule has 0 atom stereocenters. The predicted octanol–water partition coefficient (Wildman–Crippen LogP) is 5.68. The molecule has 0 amide bonds.